The number of carbonyl (C=O) groups excluding carboxylic acids is 2. The van der Waals surface area contributed by atoms with E-state index in [1.165, 1.54) is 0 Å². The Labute approximate surface area is 164 Å². The Morgan fingerprint density at radius 2 is 1.73 bits per heavy atom. The highest BCUT2D eigenvalue weighted by Gasteiger charge is 2.24. The number of hydrogen-bond donors (Lipinski definition) is 0. The summed E-state index contributed by atoms with van der Waals surface area (Å²) in [6.45, 7) is 2.06. The molecule has 1 aliphatic heterocycles. The fraction of sp³-hybridized carbons (Fsp3) is 0.333. The molecule has 8 heteroatoms. The van der Waals surface area contributed by atoms with Gasteiger partial charge in [0.2, 0.25) is 0 Å². The molecule has 6 nitrogen and oxygen atoms in total. The Morgan fingerprint density at radius 1 is 1.04 bits per heavy atom. The van der Waals surface area contributed by atoms with Crippen molar-refractivity contribution in [2.45, 2.75) is 6.42 Å². The molecule has 1 saturated heterocycles. The molecular formula is C18H18BrClN2O4. The first-order valence-electron chi connectivity index (χ1n) is 8.23. The maximum absolute atomic E-state index is 12.5. The lowest BCUT2D eigenvalue weighted by Crippen LogP contribution is -2.39. The van der Waals surface area contributed by atoms with E-state index < -0.39 is 0 Å². The maximum Gasteiger partial charge on any atom is 0.289 e. The summed E-state index contributed by atoms with van der Waals surface area (Å²) < 4.78 is 11.4. The second-order valence-corrected chi connectivity index (χ2v) is 7.09. The molecular weight excluding hydrogens is 424 g/mol. The van der Waals surface area contributed by atoms with Crippen LogP contribution in [0.25, 0.3) is 0 Å². The van der Waals surface area contributed by atoms with Crippen molar-refractivity contribution in [1.29, 1.82) is 0 Å². The van der Waals surface area contributed by atoms with Crippen LogP contribution in [-0.2, 0) is 4.79 Å². The number of halogens is 2. The highest BCUT2D eigenvalue weighted by Crippen LogP contribution is 2.18. The molecule has 0 spiro atoms. The predicted molar refractivity (Wildman–Crippen MR) is 100 cm³/mol. The zero-order valence-electron chi connectivity index (χ0n) is 14.0. The fourth-order valence-corrected chi connectivity index (χ4v) is 3.15. The molecule has 0 aliphatic carbocycles. The van der Waals surface area contributed by atoms with Crippen molar-refractivity contribution >= 4 is 39.3 Å². The van der Waals surface area contributed by atoms with E-state index in [-0.39, 0.29) is 18.4 Å². The van der Waals surface area contributed by atoms with Gasteiger partial charge in [-0.3, -0.25) is 9.59 Å². The molecule has 0 atom stereocenters. The summed E-state index contributed by atoms with van der Waals surface area (Å²) in [5.41, 5.74) is 0. The number of benzene rings is 1. The molecule has 1 aromatic heterocycles. The molecule has 1 aromatic carbocycles. The molecule has 138 valence electrons. The van der Waals surface area contributed by atoms with Crippen molar-refractivity contribution in [2.24, 2.45) is 0 Å². The maximum atomic E-state index is 12.5. The summed E-state index contributed by atoms with van der Waals surface area (Å²) in [5.74, 6) is 0.623. The lowest BCUT2D eigenvalue weighted by Gasteiger charge is -2.21. The van der Waals surface area contributed by atoms with E-state index >= 15 is 0 Å². The monoisotopic (exact) mass is 440 g/mol. The topological polar surface area (TPSA) is 63.0 Å². The molecule has 2 amide bonds. The van der Waals surface area contributed by atoms with E-state index in [0.29, 0.717) is 53.8 Å². The van der Waals surface area contributed by atoms with Crippen LogP contribution in [0.4, 0.5) is 0 Å². The van der Waals surface area contributed by atoms with Crippen molar-refractivity contribution in [1.82, 2.24) is 9.80 Å². The Hall–Kier alpha value is -1.99. The highest BCUT2D eigenvalue weighted by atomic mass is 79.9. The summed E-state index contributed by atoms with van der Waals surface area (Å²) in [4.78, 5) is 28.3. The van der Waals surface area contributed by atoms with E-state index in [2.05, 4.69) is 15.9 Å². The molecule has 26 heavy (non-hydrogen) atoms. The number of nitrogens with zero attached hydrogens (tertiary/aromatic N) is 2. The number of carbonyl (C=O) groups is 2. The average molecular weight is 442 g/mol. The second kappa shape index (κ2) is 8.60. The molecule has 0 unspecified atom stereocenters. The van der Waals surface area contributed by atoms with E-state index in [1.807, 2.05) is 0 Å². The zero-order valence-corrected chi connectivity index (χ0v) is 16.3. The van der Waals surface area contributed by atoms with Crippen LogP contribution < -0.4 is 4.74 Å². The number of hydrogen-bond acceptors (Lipinski definition) is 4. The highest BCUT2D eigenvalue weighted by molar-refractivity contribution is 9.10. The van der Waals surface area contributed by atoms with Gasteiger partial charge < -0.3 is 19.0 Å². The number of amides is 2. The zero-order chi connectivity index (χ0) is 18.5. The van der Waals surface area contributed by atoms with E-state index in [9.17, 15) is 9.59 Å². The van der Waals surface area contributed by atoms with Crippen molar-refractivity contribution in [3.05, 3.63) is 51.9 Å². The number of furan rings is 1. The molecule has 0 bridgehead atoms. The third-order valence-electron chi connectivity index (χ3n) is 4.10. The van der Waals surface area contributed by atoms with Gasteiger partial charge in [0.05, 0.1) is 0 Å². The van der Waals surface area contributed by atoms with E-state index in [0.717, 1.165) is 0 Å². The lowest BCUT2D eigenvalue weighted by molar-refractivity contribution is -0.133. The van der Waals surface area contributed by atoms with E-state index in [1.54, 1.807) is 46.2 Å². The van der Waals surface area contributed by atoms with Crippen molar-refractivity contribution in [3.8, 4) is 5.75 Å². The van der Waals surface area contributed by atoms with Gasteiger partial charge in [0.1, 0.15) is 5.75 Å². The minimum Gasteiger partial charge on any atom is -0.484 e. The van der Waals surface area contributed by atoms with Crippen LogP contribution in [0.3, 0.4) is 0 Å². The molecule has 0 saturated carbocycles. The van der Waals surface area contributed by atoms with Gasteiger partial charge in [-0.1, -0.05) is 11.6 Å². The number of rotatable bonds is 4. The largest absolute Gasteiger partial charge is 0.484 e. The number of ether oxygens (including phenoxy) is 1. The van der Waals surface area contributed by atoms with Gasteiger partial charge in [0.25, 0.3) is 11.8 Å². The summed E-state index contributed by atoms with van der Waals surface area (Å²) in [6.07, 6.45) is 0.709. The molecule has 0 N–H and O–H groups in total. The molecule has 0 radical (unpaired) electrons. The Kier molecular flexibility index (Phi) is 6.21. The lowest BCUT2D eigenvalue weighted by atomic mass is 10.3. The predicted octanol–water partition coefficient (Wildman–Crippen LogP) is 3.45. The molecule has 2 aromatic rings. The Bertz CT molecular complexity index is 778. The first-order valence-corrected chi connectivity index (χ1v) is 9.41. The van der Waals surface area contributed by atoms with Gasteiger partial charge >= 0.3 is 0 Å². The Balaban J connectivity index is 1.52. The summed E-state index contributed by atoms with van der Waals surface area (Å²) in [5, 5.41) is 0.615. The van der Waals surface area contributed by atoms with Crippen molar-refractivity contribution in [2.75, 3.05) is 32.8 Å². The third-order valence-corrected chi connectivity index (χ3v) is 4.77. The second-order valence-electron chi connectivity index (χ2n) is 5.87. The minimum atomic E-state index is -0.164. The Morgan fingerprint density at radius 3 is 2.42 bits per heavy atom. The van der Waals surface area contributed by atoms with Crippen LogP contribution in [0.2, 0.25) is 5.02 Å². The summed E-state index contributed by atoms with van der Waals surface area (Å²) in [6, 6.07) is 10.2. The van der Waals surface area contributed by atoms with Gasteiger partial charge in [-0.25, -0.2) is 0 Å². The minimum absolute atomic E-state index is 0.0410. The first kappa shape index (κ1) is 18.8. The molecule has 1 fully saturated rings. The molecule has 2 heterocycles. The van der Waals surface area contributed by atoms with Crippen LogP contribution in [0.5, 0.6) is 5.75 Å². The average Bonchev–Trinajstić information content (AvgIpc) is 2.92. The van der Waals surface area contributed by atoms with Crippen LogP contribution in [0.15, 0.2) is 45.5 Å². The quantitative estimate of drug-likeness (QED) is 0.729. The molecule has 3 rings (SSSR count). The van der Waals surface area contributed by atoms with Crippen LogP contribution in [-0.4, -0.2) is 54.4 Å². The molecule has 1 aliphatic rings. The summed E-state index contributed by atoms with van der Waals surface area (Å²) in [7, 11) is 0. The van der Waals surface area contributed by atoms with E-state index in [4.69, 9.17) is 20.8 Å². The van der Waals surface area contributed by atoms with Crippen LogP contribution in [0, 0.1) is 0 Å². The van der Waals surface area contributed by atoms with Gasteiger partial charge in [-0.15, -0.1) is 0 Å². The van der Waals surface area contributed by atoms with Gasteiger partial charge in [0.15, 0.2) is 17.0 Å². The summed E-state index contributed by atoms with van der Waals surface area (Å²) >= 11 is 9.02. The van der Waals surface area contributed by atoms with Crippen molar-refractivity contribution < 1.29 is 18.7 Å². The first-order chi connectivity index (χ1) is 12.5. The van der Waals surface area contributed by atoms with Gasteiger partial charge in [0, 0.05) is 31.2 Å². The van der Waals surface area contributed by atoms with Gasteiger partial charge in [-0.05, 0) is 58.7 Å². The third kappa shape index (κ3) is 4.80. The SMILES string of the molecule is O=C(COc1ccc(Cl)cc1)N1CCCN(C(=O)c2ccc(Br)o2)CC1. The standard InChI is InChI=1S/C18H18BrClN2O4/c19-16-7-6-15(26-16)18(24)22-9-1-8-21(10-11-22)17(23)12-25-14-4-2-13(20)3-5-14/h2-7H,1,8-12H2. The van der Waals surface area contributed by atoms with Crippen LogP contribution >= 0.6 is 27.5 Å². The van der Waals surface area contributed by atoms with Crippen molar-refractivity contribution in [3.63, 3.8) is 0 Å². The van der Waals surface area contributed by atoms with Crippen LogP contribution in [0.1, 0.15) is 17.0 Å². The van der Waals surface area contributed by atoms with Gasteiger partial charge in [-0.2, -0.15) is 0 Å². The normalized spacial score (nSPS) is 14.8. The smallest absolute Gasteiger partial charge is 0.289 e. The fourth-order valence-electron chi connectivity index (χ4n) is 2.72.